The van der Waals surface area contributed by atoms with Crippen LogP contribution in [0.5, 0.6) is 0 Å². The second-order valence-electron chi connectivity index (χ2n) is 4.53. The van der Waals surface area contributed by atoms with Gasteiger partial charge >= 0.3 is 12.0 Å². The lowest BCUT2D eigenvalue weighted by molar-refractivity contribution is 0.0338. The molecular weight excluding hydrogens is 268 g/mol. The van der Waals surface area contributed by atoms with E-state index < -0.39 is 12.0 Å². The van der Waals surface area contributed by atoms with Crippen LogP contribution >= 0.6 is 0 Å². The topological polar surface area (TPSA) is 81.4 Å². The Labute approximate surface area is 122 Å². The lowest BCUT2D eigenvalue weighted by Crippen LogP contribution is -2.19. The number of ether oxygens (including phenoxy) is 1. The average Bonchev–Trinajstić information content (AvgIpc) is 2.47. The number of hydrogen-bond donors (Lipinski definition) is 2. The molecule has 2 aromatic carbocycles. The molecule has 0 saturated heterocycles. The highest BCUT2D eigenvalue weighted by atomic mass is 16.5. The summed E-state index contributed by atoms with van der Waals surface area (Å²) in [5, 5.41) is 2.42. The second kappa shape index (κ2) is 6.56. The van der Waals surface area contributed by atoms with Gasteiger partial charge in [-0.3, -0.25) is 0 Å². The highest BCUT2D eigenvalue weighted by molar-refractivity contribution is 5.93. The predicted molar refractivity (Wildman–Crippen MR) is 79.9 cm³/mol. The summed E-state index contributed by atoms with van der Waals surface area (Å²) in [5.74, 6) is -0.459. The van der Waals surface area contributed by atoms with E-state index in [1.807, 2.05) is 30.3 Å². The number of hydrogen-bond acceptors (Lipinski definition) is 3. The van der Waals surface area contributed by atoms with E-state index in [9.17, 15) is 9.59 Å². The first-order chi connectivity index (χ1) is 10.1. The van der Waals surface area contributed by atoms with Gasteiger partial charge < -0.3 is 15.8 Å². The van der Waals surface area contributed by atoms with E-state index in [4.69, 9.17) is 10.5 Å². The standard InChI is InChI=1S/C16H16N2O3/c1-11(12-6-3-2-4-7-12)21-15(19)13-8-5-9-14(10-13)18-16(17)20/h2-11H,1H3,(H3,17,18,20)/t11-/m1/s1. The monoisotopic (exact) mass is 284 g/mol. The maximum Gasteiger partial charge on any atom is 0.338 e. The van der Waals surface area contributed by atoms with Crippen LogP contribution in [0.15, 0.2) is 54.6 Å². The molecule has 21 heavy (non-hydrogen) atoms. The molecule has 0 aliphatic carbocycles. The Morgan fingerprint density at radius 1 is 1.10 bits per heavy atom. The molecule has 0 unspecified atom stereocenters. The molecule has 0 spiro atoms. The summed E-state index contributed by atoms with van der Waals surface area (Å²) in [7, 11) is 0. The van der Waals surface area contributed by atoms with Crippen LogP contribution in [0.3, 0.4) is 0 Å². The first-order valence-electron chi connectivity index (χ1n) is 6.48. The van der Waals surface area contributed by atoms with Crippen LogP contribution in [0.2, 0.25) is 0 Å². The van der Waals surface area contributed by atoms with Crippen molar-refractivity contribution in [1.29, 1.82) is 0 Å². The molecule has 0 aliphatic rings. The molecule has 2 rings (SSSR count). The number of carbonyl (C=O) groups excluding carboxylic acids is 2. The van der Waals surface area contributed by atoms with Crippen molar-refractivity contribution in [3.63, 3.8) is 0 Å². The summed E-state index contributed by atoms with van der Waals surface area (Å²) in [4.78, 5) is 22.9. The van der Waals surface area contributed by atoms with E-state index in [2.05, 4.69) is 5.32 Å². The molecule has 1 atom stereocenters. The molecule has 2 aromatic rings. The molecular formula is C16H16N2O3. The third-order valence-electron chi connectivity index (χ3n) is 2.92. The summed E-state index contributed by atoms with van der Waals surface area (Å²) >= 11 is 0. The normalized spacial score (nSPS) is 11.5. The van der Waals surface area contributed by atoms with Gasteiger partial charge in [-0.25, -0.2) is 9.59 Å². The first kappa shape index (κ1) is 14.6. The summed E-state index contributed by atoms with van der Waals surface area (Å²) in [6.45, 7) is 1.80. The number of nitrogens with two attached hydrogens (primary N) is 1. The van der Waals surface area contributed by atoms with Gasteiger partial charge in [-0.1, -0.05) is 36.4 Å². The van der Waals surface area contributed by atoms with Gasteiger partial charge in [-0.2, -0.15) is 0 Å². The summed E-state index contributed by atoms with van der Waals surface area (Å²) < 4.78 is 5.40. The van der Waals surface area contributed by atoms with E-state index in [1.54, 1.807) is 25.1 Å². The molecule has 0 radical (unpaired) electrons. The fourth-order valence-corrected chi connectivity index (χ4v) is 1.89. The number of anilines is 1. The van der Waals surface area contributed by atoms with Crippen LogP contribution in [-0.2, 0) is 4.74 Å². The quantitative estimate of drug-likeness (QED) is 0.846. The molecule has 0 heterocycles. The van der Waals surface area contributed by atoms with Gasteiger partial charge in [0.15, 0.2) is 0 Å². The Hall–Kier alpha value is -2.82. The highest BCUT2D eigenvalue weighted by Crippen LogP contribution is 2.19. The number of amides is 2. The minimum absolute atomic E-state index is 0.351. The van der Waals surface area contributed by atoms with Crippen molar-refractivity contribution in [1.82, 2.24) is 0 Å². The lowest BCUT2D eigenvalue weighted by Gasteiger charge is -2.14. The Morgan fingerprint density at radius 3 is 2.48 bits per heavy atom. The van der Waals surface area contributed by atoms with Gasteiger partial charge in [0.25, 0.3) is 0 Å². The Morgan fingerprint density at radius 2 is 1.81 bits per heavy atom. The van der Waals surface area contributed by atoms with Crippen molar-refractivity contribution in [3.05, 3.63) is 65.7 Å². The van der Waals surface area contributed by atoms with Crippen molar-refractivity contribution in [2.75, 3.05) is 5.32 Å². The van der Waals surface area contributed by atoms with Crippen LogP contribution in [-0.4, -0.2) is 12.0 Å². The predicted octanol–water partition coefficient (Wildman–Crippen LogP) is 3.10. The van der Waals surface area contributed by atoms with Crippen molar-refractivity contribution in [3.8, 4) is 0 Å². The third-order valence-corrected chi connectivity index (χ3v) is 2.92. The van der Waals surface area contributed by atoms with Crippen molar-refractivity contribution in [2.24, 2.45) is 5.73 Å². The van der Waals surface area contributed by atoms with Crippen LogP contribution in [0, 0.1) is 0 Å². The molecule has 0 bridgehead atoms. The molecule has 3 N–H and O–H groups in total. The van der Waals surface area contributed by atoms with E-state index >= 15 is 0 Å². The fraction of sp³-hybridized carbons (Fsp3) is 0.125. The zero-order chi connectivity index (χ0) is 15.2. The number of rotatable bonds is 4. The number of urea groups is 1. The number of carbonyl (C=O) groups is 2. The molecule has 0 fully saturated rings. The van der Waals surface area contributed by atoms with Gasteiger partial charge in [0.1, 0.15) is 6.10 Å². The Kier molecular flexibility index (Phi) is 4.56. The van der Waals surface area contributed by atoms with Crippen LogP contribution in [0.4, 0.5) is 10.5 Å². The molecule has 0 aromatic heterocycles. The Bertz CT molecular complexity index is 641. The maximum absolute atomic E-state index is 12.1. The molecule has 5 nitrogen and oxygen atoms in total. The van der Waals surface area contributed by atoms with Crippen LogP contribution in [0.25, 0.3) is 0 Å². The Balaban J connectivity index is 2.08. The van der Waals surface area contributed by atoms with Crippen molar-refractivity contribution >= 4 is 17.7 Å². The fourth-order valence-electron chi connectivity index (χ4n) is 1.89. The zero-order valence-electron chi connectivity index (χ0n) is 11.6. The van der Waals surface area contributed by atoms with Gasteiger partial charge in [-0.05, 0) is 30.7 Å². The summed E-state index contributed by atoms with van der Waals surface area (Å²) in [5.41, 5.74) is 6.75. The van der Waals surface area contributed by atoms with Crippen LogP contribution < -0.4 is 11.1 Å². The van der Waals surface area contributed by atoms with Gasteiger partial charge in [0.2, 0.25) is 0 Å². The summed E-state index contributed by atoms with van der Waals surface area (Å²) in [6, 6.07) is 15.2. The number of nitrogens with one attached hydrogen (secondary N) is 1. The van der Waals surface area contributed by atoms with Crippen molar-refractivity contribution in [2.45, 2.75) is 13.0 Å². The van der Waals surface area contributed by atoms with Gasteiger partial charge in [0.05, 0.1) is 5.56 Å². The minimum Gasteiger partial charge on any atom is -0.454 e. The summed E-state index contributed by atoms with van der Waals surface area (Å²) in [6.07, 6.45) is -0.355. The maximum atomic E-state index is 12.1. The lowest BCUT2D eigenvalue weighted by atomic mass is 10.1. The molecule has 2 amide bonds. The first-order valence-corrected chi connectivity index (χ1v) is 6.48. The molecule has 108 valence electrons. The number of benzene rings is 2. The SMILES string of the molecule is C[C@@H](OC(=O)c1cccc(NC(N)=O)c1)c1ccccc1. The second-order valence-corrected chi connectivity index (χ2v) is 4.53. The highest BCUT2D eigenvalue weighted by Gasteiger charge is 2.14. The number of esters is 1. The molecule has 0 saturated carbocycles. The van der Waals surface area contributed by atoms with Crippen molar-refractivity contribution < 1.29 is 14.3 Å². The van der Waals surface area contributed by atoms with Crippen LogP contribution in [0.1, 0.15) is 28.9 Å². The van der Waals surface area contributed by atoms with E-state index in [1.165, 1.54) is 6.07 Å². The van der Waals surface area contributed by atoms with E-state index in [0.29, 0.717) is 11.3 Å². The van der Waals surface area contributed by atoms with Gasteiger partial charge in [0, 0.05) is 5.69 Å². The molecule has 0 aliphatic heterocycles. The number of primary amides is 1. The van der Waals surface area contributed by atoms with E-state index in [-0.39, 0.29) is 6.10 Å². The minimum atomic E-state index is -0.682. The van der Waals surface area contributed by atoms with Gasteiger partial charge in [-0.15, -0.1) is 0 Å². The largest absolute Gasteiger partial charge is 0.454 e. The third kappa shape index (κ3) is 4.07. The average molecular weight is 284 g/mol. The van der Waals surface area contributed by atoms with E-state index in [0.717, 1.165) is 5.56 Å². The molecule has 5 heteroatoms. The smallest absolute Gasteiger partial charge is 0.338 e. The zero-order valence-corrected chi connectivity index (χ0v) is 11.6.